The highest BCUT2D eigenvalue weighted by Crippen LogP contribution is 2.08. The molecule has 0 spiro atoms. The summed E-state index contributed by atoms with van der Waals surface area (Å²) in [6.07, 6.45) is 0. The van der Waals surface area contributed by atoms with Crippen molar-refractivity contribution < 1.29 is 9.59 Å². The normalized spacial score (nSPS) is 11.9. The van der Waals surface area contributed by atoms with E-state index >= 15 is 0 Å². The maximum atomic E-state index is 11.6. The van der Waals surface area contributed by atoms with E-state index in [1.54, 1.807) is 0 Å². The summed E-state index contributed by atoms with van der Waals surface area (Å²) in [6.45, 7) is 2.98. The molecule has 0 saturated carbocycles. The van der Waals surface area contributed by atoms with Crippen molar-refractivity contribution in [2.24, 2.45) is 5.73 Å². The van der Waals surface area contributed by atoms with E-state index in [0.717, 1.165) is 10.6 Å². The highest BCUT2D eigenvalue weighted by molar-refractivity contribution is 6.29. The van der Waals surface area contributed by atoms with Crippen LogP contribution in [0, 0.1) is 6.92 Å². The van der Waals surface area contributed by atoms with Crippen LogP contribution >= 0.6 is 11.6 Å². The topological polar surface area (TPSA) is 107 Å². The van der Waals surface area contributed by atoms with E-state index < -0.39 is 23.5 Å². The molecule has 1 aromatic heterocycles. The number of nitrogens with two attached hydrogens (primary N) is 1. The van der Waals surface area contributed by atoms with E-state index in [9.17, 15) is 14.4 Å². The molecule has 17 heavy (non-hydrogen) atoms. The van der Waals surface area contributed by atoms with Gasteiger partial charge in [0.25, 0.3) is 11.5 Å². The van der Waals surface area contributed by atoms with Gasteiger partial charge in [0.05, 0.1) is 0 Å². The van der Waals surface area contributed by atoms with Crippen LogP contribution in [0.1, 0.15) is 18.8 Å². The Labute approximate surface area is 102 Å². The Morgan fingerprint density at radius 3 is 2.65 bits per heavy atom. The predicted molar refractivity (Wildman–Crippen MR) is 60.7 cm³/mol. The molecule has 3 N–H and O–H groups in total. The van der Waals surface area contributed by atoms with Crippen molar-refractivity contribution in [3.05, 3.63) is 27.4 Å². The van der Waals surface area contributed by atoms with Gasteiger partial charge in [-0.2, -0.15) is 0 Å². The highest BCUT2D eigenvalue weighted by atomic mass is 35.5. The van der Waals surface area contributed by atoms with E-state index in [0.29, 0.717) is 0 Å². The minimum atomic E-state index is -0.977. The predicted octanol–water partition coefficient (Wildman–Crippen LogP) is -0.0390. The van der Waals surface area contributed by atoms with Gasteiger partial charge in [0.1, 0.15) is 17.0 Å². The van der Waals surface area contributed by atoms with Gasteiger partial charge in [-0.05, 0) is 13.8 Å². The second kappa shape index (κ2) is 4.96. The molecular weight excluding hydrogens is 248 g/mol. The van der Waals surface area contributed by atoms with Crippen molar-refractivity contribution in [3.63, 3.8) is 0 Å². The van der Waals surface area contributed by atoms with Crippen LogP contribution in [0.4, 0.5) is 4.79 Å². The number of nitrogens with one attached hydrogen (secondary N) is 1. The molecule has 1 unspecified atom stereocenters. The second-order valence-electron chi connectivity index (χ2n) is 3.36. The number of nitrogens with zero attached hydrogens (tertiary/aromatic N) is 2. The van der Waals surface area contributed by atoms with E-state index in [2.05, 4.69) is 4.98 Å². The number of hydrogen-bond acceptors (Lipinski definition) is 4. The van der Waals surface area contributed by atoms with Crippen LogP contribution in [0.2, 0.25) is 5.15 Å². The number of carbonyl (C=O) groups excluding carboxylic acids is 2. The Bertz CT molecular complexity index is 525. The van der Waals surface area contributed by atoms with Gasteiger partial charge in [0.15, 0.2) is 0 Å². The molecule has 1 rings (SSSR count). The molecule has 1 heterocycles. The fourth-order valence-corrected chi connectivity index (χ4v) is 1.60. The number of amides is 3. The van der Waals surface area contributed by atoms with Gasteiger partial charge in [-0.15, -0.1) is 0 Å². The summed E-state index contributed by atoms with van der Waals surface area (Å²) in [4.78, 5) is 37.5. The minimum Gasteiger partial charge on any atom is -0.351 e. The molecule has 8 heteroatoms. The summed E-state index contributed by atoms with van der Waals surface area (Å²) in [5, 5.41) is 1.94. The first kappa shape index (κ1) is 13.2. The highest BCUT2D eigenvalue weighted by Gasteiger charge is 2.19. The van der Waals surface area contributed by atoms with Crippen LogP contribution in [-0.4, -0.2) is 21.5 Å². The minimum absolute atomic E-state index is 0.0475. The number of halogens is 1. The number of imide groups is 1. The lowest BCUT2D eigenvalue weighted by molar-refractivity contribution is -0.122. The molecule has 1 aromatic rings. The van der Waals surface area contributed by atoms with E-state index in [1.807, 2.05) is 5.32 Å². The molecule has 92 valence electrons. The lowest BCUT2D eigenvalue weighted by Gasteiger charge is -2.15. The van der Waals surface area contributed by atoms with Crippen LogP contribution < -0.4 is 16.6 Å². The lowest BCUT2D eigenvalue weighted by atomic mass is 10.3. The maximum Gasteiger partial charge on any atom is 0.318 e. The molecule has 0 aliphatic heterocycles. The lowest BCUT2D eigenvalue weighted by Crippen LogP contribution is -2.42. The molecule has 0 aromatic carbocycles. The summed E-state index contributed by atoms with van der Waals surface area (Å²) in [6, 6.07) is -0.794. The molecule has 0 aliphatic rings. The summed E-state index contributed by atoms with van der Waals surface area (Å²) in [7, 11) is 0. The van der Waals surface area contributed by atoms with Crippen molar-refractivity contribution in [2.45, 2.75) is 19.9 Å². The van der Waals surface area contributed by atoms with Crippen LogP contribution in [-0.2, 0) is 4.79 Å². The smallest absolute Gasteiger partial charge is 0.318 e. The monoisotopic (exact) mass is 258 g/mol. The Hall–Kier alpha value is -1.89. The SMILES string of the molecule is Cc1nc(Cl)cc(=O)n1C(C)C(=O)NC(N)=O. The maximum absolute atomic E-state index is 11.6. The fourth-order valence-electron chi connectivity index (χ4n) is 1.39. The Morgan fingerprint density at radius 2 is 2.18 bits per heavy atom. The van der Waals surface area contributed by atoms with E-state index in [4.69, 9.17) is 17.3 Å². The molecule has 3 amide bonds. The zero-order valence-corrected chi connectivity index (χ0v) is 9.99. The van der Waals surface area contributed by atoms with Crippen molar-refractivity contribution in [3.8, 4) is 0 Å². The largest absolute Gasteiger partial charge is 0.351 e. The van der Waals surface area contributed by atoms with Gasteiger partial charge in [0, 0.05) is 6.07 Å². The fraction of sp³-hybridized carbons (Fsp3) is 0.333. The first-order valence-corrected chi connectivity index (χ1v) is 5.06. The van der Waals surface area contributed by atoms with Crippen LogP contribution in [0.15, 0.2) is 10.9 Å². The first-order valence-electron chi connectivity index (χ1n) is 4.69. The molecule has 7 nitrogen and oxygen atoms in total. The van der Waals surface area contributed by atoms with E-state index in [1.165, 1.54) is 13.8 Å². The summed E-state index contributed by atoms with van der Waals surface area (Å²) < 4.78 is 1.12. The Balaban J connectivity index is 3.13. The van der Waals surface area contributed by atoms with Crippen LogP contribution in [0.25, 0.3) is 0 Å². The number of aryl methyl sites for hydroxylation is 1. The average molecular weight is 259 g/mol. The number of carbonyl (C=O) groups is 2. The average Bonchev–Trinajstić information content (AvgIpc) is 2.14. The van der Waals surface area contributed by atoms with Crippen LogP contribution in [0.3, 0.4) is 0 Å². The first-order chi connectivity index (χ1) is 7.82. The van der Waals surface area contributed by atoms with Crippen LogP contribution in [0.5, 0.6) is 0 Å². The molecule has 0 radical (unpaired) electrons. The third-order valence-electron chi connectivity index (χ3n) is 2.11. The number of rotatable bonds is 2. The Morgan fingerprint density at radius 1 is 1.59 bits per heavy atom. The van der Waals surface area contributed by atoms with Crippen molar-refractivity contribution in [2.75, 3.05) is 0 Å². The number of hydrogen-bond donors (Lipinski definition) is 2. The van der Waals surface area contributed by atoms with Gasteiger partial charge < -0.3 is 5.73 Å². The molecular formula is C9H11ClN4O3. The number of urea groups is 1. The Kier molecular flexibility index (Phi) is 3.84. The van der Waals surface area contributed by atoms with Gasteiger partial charge >= 0.3 is 6.03 Å². The third-order valence-corrected chi connectivity index (χ3v) is 2.30. The summed E-state index contributed by atoms with van der Waals surface area (Å²) in [5.74, 6) is -0.415. The molecule has 0 aliphatic carbocycles. The zero-order chi connectivity index (χ0) is 13.2. The van der Waals surface area contributed by atoms with Crippen molar-refractivity contribution in [1.82, 2.24) is 14.9 Å². The molecule has 0 bridgehead atoms. The third kappa shape index (κ3) is 3.04. The zero-order valence-electron chi connectivity index (χ0n) is 9.23. The molecule has 0 saturated heterocycles. The number of primary amides is 1. The second-order valence-corrected chi connectivity index (χ2v) is 3.75. The van der Waals surface area contributed by atoms with Gasteiger partial charge in [-0.25, -0.2) is 9.78 Å². The molecule has 1 atom stereocenters. The number of aromatic nitrogens is 2. The standard InChI is InChI=1S/C9H11ClN4O3/c1-4(8(16)13-9(11)17)14-5(2)12-6(10)3-7(14)15/h3-4H,1-2H3,(H3,11,13,16,17). The van der Waals surface area contributed by atoms with Crippen molar-refractivity contribution in [1.29, 1.82) is 0 Å². The van der Waals surface area contributed by atoms with Gasteiger partial charge in [0.2, 0.25) is 0 Å². The quantitative estimate of drug-likeness (QED) is 0.726. The van der Waals surface area contributed by atoms with E-state index in [-0.39, 0.29) is 11.0 Å². The van der Waals surface area contributed by atoms with Crippen molar-refractivity contribution >= 4 is 23.5 Å². The summed E-state index contributed by atoms with van der Waals surface area (Å²) >= 11 is 5.59. The molecule has 0 fully saturated rings. The summed E-state index contributed by atoms with van der Waals surface area (Å²) in [5.41, 5.74) is 4.34. The van der Waals surface area contributed by atoms with Gasteiger partial charge in [-0.1, -0.05) is 11.6 Å². The van der Waals surface area contributed by atoms with Gasteiger partial charge in [-0.3, -0.25) is 19.5 Å².